The molecule has 0 aromatic heterocycles. The van der Waals surface area contributed by atoms with Crippen molar-refractivity contribution in [2.24, 2.45) is 5.92 Å². The molecule has 0 spiro atoms. The number of benzene rings is 2. The number of piperidine rings is 2. The Morgan fingerprint density at radius 1 is 0.917 bits per heavy atom. The van der Waals surface area contributed by atoms with E-state index in [0.717, 1.165) is 65.4 Å². The highest BCUT2D eigenvalue weighted by Crippen LogP contribution is 2.29. The summed E-state index contributed by atoms with van der Waals surface area (Å²) in [4.78, 5) is 20.5. The second kappa shape index (κ2) is 13.0. The molecule has 6 heteroatoms. The molecule has 36 heavy (non-hydrogen) atoms. The van der Waals surface area contributed by atoms with Crippen LogP contribution in [0.4, 0.5) is 0 Å². The highest BCUT2D eigenvalue weighted by Gasteiger charge is 2.34. The number of amides is 1. The Labute approximate surface area is 216 Å². The van der Waals surface area contributed by atoms with Crippen LogP contribution in [0.25, 0.3) is 10.8 Å². The molecule has 6 nitrogen and oxygen atoms in total. The molecule has 3 saturated heterocycles. The van der Waals surface area contributed by atoms with E-state index in [9.17, 15) is 4.79 Å². The maximum Gasteiger partial charge on any atom is 0.220 e. The van der Waals surface area contributed by atoms with Gasteiger partial charge in [-0.15, -0.1) is 0 Å². The summed E-state index contributed by atoms with van der Waals surface area (Å²) in [5.41, 5.74) is 1.41. The number of rotatable bonds is 9. The largest absolute Gasteiger partial charge is 0.379 e. The van der Waals surface area contributed by atoms with E-state index in [4.69, 9.17) is 4.74 Å². The Balaban J connectivity index is 1.17. The Hall–Kier alpha value is -1.99. The molecular weight excluding hydrogens is 448 g/mol. The van der Waals surface area contributed by atoms with Gasteiger partial charge >= 0.3 is 0 Å². The van der Waals surface area contributed by atoms with Gasteiger partial charge in [-0.25, -0.2) is 0 Å². The summed E-state index contributed by atoms with van der Waals surface area (Å²) in [5, 5.41) is 5.88. The first-order chi connectivity index (χ1) is 17.8. The zero-order chi connectivity index (χ0) is 24.6. The average molecular weight is 493 g/mol. The number of carbonyl (C=O) groups is 1. The van der Waals surface area contributed by atoms with Crippen molar-refractivity contribution in [2.45, 2.75) is 51.1 Å². The molecule has 1 N–H and O–H groups in total. The summed E-state index contributed by atoms with van der Waals surface area (Å²) in [6.07, 6.45) is 6.72. The molecule has 1 amide bonds. The van der Waals surface area contributed by atoms with Crippen LogP contribution in [-0.2, 0) is 16.1 Å². The van der Waals surface area contributed by atoms with Gasteiger partial charge in [0.05, 0.1) is 13.2 Å². The second-order valence-corrected chi connectivity index (χ2v) is 10.9. The van der Waals surface area contributed by atoms with E-state index >= 15 is 0 Å². The summed E-state index contributed by atoms with van der Waals surface area (Å²) in [6.45, 7) is 11.0. The Morgan fingerprint density at radius 3 is 2.58 bits per heavy atom. The molecule has 3 aliphatic heterocycles. The molecule has 0 bridgehead atoms. The van der Waals surface area contributed by atoms with Crippen molar-refractivity contribution < 1.29 is 9.53 Å². The van der Waals surface area contributed by atoms with Crippen LogP contribution in [0.3, 0.4) is 0 Å². The van der Waals surface area contributed by atoms with Gasteiger partial charge in [-0.05, 0) is 67.6 Å². The summed E-state index contributed by atoms with van der Waals surface area (Å²) in [6, 6.07) is 15.9. The van der Waals surface area contributed by atoms with E-state index in [-0.39, 0.29) is 5.91 Å². The van der Waals surface area contributed by atoms with Gasteiger partial charge in [-0.1, -0.05) is 48.9 Å². The van der Waals surface area contributed by atoms with Crippen LogP contribution >= 0.6 is 0 Å². The second-order valence-electron chi connectivity index (χ2n) is 10.9. The van der Waals surface area contributed by atoms with Crippen molar-refractivity contribution in [1.82, 2.24) is 20.0 Å². The molecule has 2 aromatic rings. The van der Waals surface area contributed by atoms with Crippen molar-refractivity contribution in [1.29, 1.82) is 0 Å². The van der Waals surface area contributed by atoms with Gasteiger partial charge in [-0.2, -0.15) is 0 Å². The van der Waals surface area contributed by atoms with E-state index in [1.165, 1.54) is 55.1 Å². The highest BCUT2D eigenvalue weighted by atomic mass is 16.5. The topological polar surface area (TPSA) is 48.1 Å². The smallest absolute Gasteiger partial charge is 0.220 e. The summed E-state index contributed by atoms with van der Waals surface area (Å²) in [5.74, 6) is 0.735. The third-order valence-electron chi connectivity index (χ3n) is 8.51. The third kappa shape index (κ3) is 6.86. The minimum absolute atomic E-state index is 0.221. The van der Waals surface area contributed by atoms with Gasteiger partial charge in [-0.3, -0.25) is 14.6 Å². The number of fused-ring (bicyclic) bond motifs is 1. The number of nitrogens with one attached hydrogen (secondary N) is 1. The molecule has 0 saturated carbocycles. The van der Waals surface area contributed by atoms with E-state index in [0.29, 0.717) is 18.4 Å². The highest BCUT2D eigenvalue weighted by molar-refractivity contribution is 5.85. The summed E-state index contributed by atoms with van der Waals surface area (Å²) >= 11 is 0. The molecule has 2 atom stereocenters. The first-order valence-corrected chi connectivity index (χ1v) is 14.3. The fourth-order valence-electron chi connectivity index (χ4n) is 6.52. The van der Waals surface area contributed by atoms with Crippen molar-refractivity contribution in [3.8, 4) is 0 Å². The van der Waals surface area contributed by atoms with Crippen LogP contribution in [0.2, 0.25) is 0 Å². The van der Waals surface area contributed by atoms with Gasteiger partial charge < -0.3 is 15.0 Å². The predicted molar refractivity (Wildman–Crippen MR) is 146 cm³/mol. The van der Waals surface area contributed by atoms with E-state index < -0.39 is 0 Å². The SMILES string of the molecule is O=C(CC[C@H]1CN(Cc2cccc3ccccc23)CC[C@H]1N1CCOCC1)NCCN1CCCCC1. The lowest BCUT2D eigenvalue weighted by Gasteiger charge is -2.45. The Bertz CT molecular complexity index is 965. The normalized spacial score (nSPS) is 24.7. The van der Waals surface area contributed by atoms with Crippen LogP contribution in [0.5, 0.6) is 0 Å². The van der Waals surface area contributed by atoms with Crippen LogP contribution in [-0.4, -0.2) is 92.2 Å². The summed E-state index contributed by atoms with van der Waals surface area (Å²) in [7, 11) is 0. The molecule has 0 radical (unpaired) electrons. The van der Waals surface area contributed by atoms with Crippen LogP contribution in [0.1, 0.15) is 44.1 Å². The van der Waals surface area contributed by atoms with Gasteiger partial charge in [0.1, 0.15) is 0 Å². The Morgan fingerprint density at radius 2 is 1.72 bits per heavy atom. The zero-order valence-electron chi connectivity index (χ0n) is 21.9. The Kier molecular flexibility index (Phi) is 9.26. The molecule has 3 fully saturated rings. The standard InChI is InChI=1S/C30H44N4O2/c35-30(31-14-18-32-15-4-1-5-16-32)12-11-27-24-33(17-13-29(27)34-19-21-36-22-20-34)23-26-9-6-8-25-7-2-3-10-28(25)26/h2-3,6-10,27,29H,1,4-5,11-24H2,(H,31,35)/t27-,29+/m0/s1. The molecule has 0 unspecified atom stereocenters. The van der Waals surface area contributed by atoms with Crippen LogP contribution in [0, 0.1) is 5.92 Å². The molecule has 5 rings (SSSR count). The predicted octanol–water partition coefficient (Wildman–Crippen LogP) is 3.74. The van der Waals surface area contributed by atoms with Gasteiger partial charge in [0, 0.05) is 51.7 Å². The lowest BCUT2D eigenvalue weighted by atomic mass is 9.86. The van der Waals surface area contributed by atoms with E-state index in [1.54, 1.807) is 0 Å². The molecule has 2 aromatic carbocycles. The zero-order valence-corrected chi connectivity index (χ0v) is 21.9. The fraction of sp³-hybridized carbons (Fsp3) is 0.633. The van der Waals surface area contributed by atoms with Crippen molar-refractivity contribution in [3.05, 3.63) is 48.0 Å². The van der Waals surface area contributed by atoms with Gasteiger partial charge in [0.25, 0.3) is 0 Å². The van der Waals surface area contributed by atoms with E-state index in [2.05, 4.69) is 62.5 Å². The van der Waals surface area contributed by atoms with Gasteiger partial charge in [0.15, 0.2) is 0 Å². The molecular formula is C30H44N4O2. The number of likely N-dealkylation sites (tertiary alicyclic amines) is 2. The first kappa shape index (κ1) is 25.7. The molecule has 3 heterocycles. The van der Waals surface area contributed by atoms with Crippen LogP contribution < -0.4 is 5.32 Å². The average Bonchev–Trinajstić information content (AvgIpc) is 2.93. The van der Waals surface area contributed by atoms with Crippen LogP contribution in [0.15, 0.2) is 42.5 Å². The molecule has 3 aliphatic rings. The van der Waals surface area contributed by atoms with Crippen molar-refractivity contribution in [2.75, 3.05) is 65.6 Å². The number of hydrogen-bond acceptors (Lipinski definition) is 5. The monoisotopic (exact) mass is 492 g/mol. The van der Waals surface area contributed by atoms with Gasteiger partial charge in [0.2, 0.25) is 5.91 Å². The number of morpholine rings is 1. The lowest BCUT2D eigenvalue weighted by molar-refractivity contribution is -0.121. The number of ether oxygens (including phenoxy) is 1. The van der Waals surface area contributed by atoms with Crippen molar-refractivity contribution >= 4 is 16.7 Å². The number of carbonyl (C=O) groups excluding carboxylic acids is 1. The minimum Gasteiger partial charge on any atom is -0.379 e. The number of nitrogens with zero attached hydrogens (tertiary/aromatic N) is 3. The molecule has 0 aliphatic carbocycles. The number of hydrogen-bond donors (Lipinski definition) is 1. The first-order valence-electron chi connectivity index (χ1n) is 14.3. The third-order valence-corrected chi connectivity index (χ3v) is 8.51. The maximum atomic E-state index is 12.8. The maximum absolute atomic E-state index is 12.8. The summed E-state index contributed by atoms with van der Waals surface area (Å²) < 4.78 is 5.64. The fourth-order valence-corrected chi connectivity index (χ4v) is 6.52. The quantitative estimate of drug-likeness (QED) is 0.578. The van der Waals surface area contributed by atoms with Crippen molar-refractivity contribution in [3.63, 3.8) is 0 Å². The lowest BCUT2D eigenvalue weighted by Crippen LogP contribution is -2.54. The minimum atomic E-state index is 0.221. The van der Waals surface area contributed by atoms with E-state index in [1.807, 2.05) is 0 Å². The molecule has 196 valence electrons.